The molecule has 1 aliphatic heterocycles. The fourth-order valence-electron chi connectivity index (χ4n) is 2.49. The maximum atomic E-state index is 12.4. The summed E-state index contributed by atoms with van der Waals surface area (Å²) in [4.78, 5) is 18.6. The molecule has 21 heavy (non-hydrogen) atoms. The number of hydrogen-bond donors (Lipinski definition) is 0. The van der Waals surface area contributed by atoms with Crippen molar-refractivity contribution in [3.63, 3.8) is 0 Å². The normalized spacial score (nSPS) is 17.8. The van der Waals surface area contributed by atoms with Crippen molar-refractivity contribution in [2.75, 3.05) is 12.0 Å². The Morgan fingerprint density at radius 3 is 2.52 bits per heavy atom. The SMILES string of the molecule is COc1ccc(N2C(=O)C(C)=CC2c2ccccn2)cc1. The first-order valence-corrected chi connectivity index (χ1v) is 6.77. The molecular formula is C17H16N2O2. The minimum Gasteiger partial charge on any atom is -0.497 e. The lowest BCUT2D eigenvalue weighted by Gasteiger charge is -2.24. The second kappa shape index (κ2) is 5.40. The molecule has 0 spiro atoms. The van der Waals surface area contributed by atoms with Crippen molar-refractivity contribution in [1.82, 2.24) is 4.98 Å². The van der Waals surface area contributed by atoms with E-state index in [0.717, 1.165) is 22.7 Å². The summed E-state index contributed by atoms with van der Waals surface area (Å²) in [5.41, 5.74) is 2.43. The zero-order valence-electron chi connectivity index (χ0n) is 12.0. The van der Waals surface area contributed by atoms with Gasteiger partial charge in [0.05, 0.1) is 18.8 Å². The Hall–Kier alpha value is -2.62. The largest absolute Gasteiger partial charge is 0.497 e. The van der Waals surface area contributed by atoms with Crippen molar-refractivity contribution in [3.8, 4) is 5.75 Å². The van der Waals surface area contributed by atoms with Gasteiger partial charge in [0.15, 0.2) is 0 Å². The van der Waals surface area contributed by atoms with Gasteiger partial charge in [-0.05, 0) is 49.4 Å². The molecule has 1 aromatic heterocycles. The van der Waals surface area contributed by atoms with Crippen molar-refractivity contribution in [3.05, 3.63) is 66.0 Å². The number of carbonyl (C=O) groups is 1. The molecule has 0 radical (unpaired) electrons. The van der Waals surface area contributed by atoms with Gasteiger partial charge in [-0.25, -0.2) is 0 Å². The molecule has 1 amide bonds. The number of ether oxygens (including phenoxy) is 1. The summed E-state index contributed by atoms with van der Waals surface area (Å²) >= 11 is 0. The number of hydrogen-bond acceptors (Lipinski definition) is 3. The minimum absolute atomic E-state index is 0.0100. The number of aromatic nitrogens is 1. The zero-order valence-corrected chi connectivity index (χ0v) is 12.0. The Labute approximate surface area is 123 Å². The van der Waals surface area contributed by atoms with E-state index in [-0.39, 0.29) is 11.9 Å². The van der Waals surface area contributed by atoms with Crippen LogP contribution < -0.4 is 9.64 Å². The van der Waals surface area contributed by atoms with E-state index in [1.54, 1.807) is 18.2 Å². The molecule has 0 aliphatic carbocycles. The van der Waals surface area contributed by atoms with Crippen LogP contribution in [-0.2, 0) is 4.79 Å². The Kier molecular flexibility index (Phi) is 3.44. The van der Waals surface area contributed by atoms with Gasteiger partial charge in [-0.2, -0.15) is 0 Å². The third-order valence-corrected chi connectivity index (χ3v) is 3.58. The number of carbonyl (C=O) groups excluding carboxylic acids is 1. The van der Waals surface area contributed by atoms with Gasteiger partial charge in [0.25, 0.3) is 5.91 Å². The number of rotatable bonds is 3. The molecule has 4 heteroatoms. The predicted octanol–water partition coefficient (Wildman–Crippen LogP) is 3.12. The molecule has 0 N–H and O–H groups in total. The maximum absolute atomic E-state index is 12.4. The fourth-order valence-corrected chi connectivity index (χ4v) is 2.49. The Morgan fingerprint density at radius 1 is 1.14 bits per heavy atom. The van der Waals surface area contributed by atoms with Crippen LogP contribution in [0.25, 0.3) is 0 Å². The van der Waals surface area contributed by atoms with Gasteiger partial charge in [-0.1, -0.05) is 6.07 Å². The molecule has 1 aliphatic rings. The third-order valence-electron chi connectivity index (χ3n) is 3.58. The van der Waals surface area contributed by atoms with Crippen molar-refractivity contribution in [2.24, 2.45) is 0 Å². The maximum Gasteiger partial charge on any atom is 0.254 e. The lowest BCUT2D eigenvalue weighted by atomic mass is 10.1. The van der Waals surface area contributed by atoms with E-state index in [0.29, 0.717) is 0 Å². The van der Waals surface area contributed by atoms with Gasteiger partial charge in [0, 0.05) is 17.5 Å². The third kappa shape index (κ3) is 2.40. The number of benzene rings is 1. The molecule has 2 heterocycles. The smallest absolute Gasteiger partial charge is 0.254 e. The summed E-state index contributed by atoms with van der Waals surface area (Å²) in [5, 5.41) is 0. The fraction of sp³-hybridized carbons (Fsp3) is 0.176. The van der Waals surface area contributed by atoms with Crippen LogP contribution in [0, 0.1) is 0 Å². The molecule has 0 bridgehead atoms. The van der Waals surface area contributed by atoms with Crippen LogP contribution in [0.1, 0.15) is 18.7 Å². The minimum atomic E-state index is -0.160. The summed E-state index contributed by atoms with van der Waals surface area (Å²) in [7, 11) is 1.62. The second-order valence-corrected chi connectivity index (χ2v) is 4.92. The van der Waals surface area contributed by atoms with Crippen LogP contribution in [-0.4, -0.2) is 18.0 Å². The van der Waals surface area contributed by atoms with Crippen LogP contribution in [0.4, 0.5) is 5.69 Å². The first-order valence-electron chi connectivity index (χ1n) is 6.77. The van der Waals surface area contributed by atoms with Crippen LogP contribution in [0.15, 0.2) is 60.3 Å². The van der Waals surface area contributed by atoms with Crippen molar-refractivity contribution in [2.45, 2.75) is 13.0 Å². The molecule has 1 aromatic carbocycles. The molecule has 1 atom stereocenters. The van der Waals surface area contributed by atoms with Gasteiger partial charge in [-0.15, -0.1) is 0 Å². The standard InChI is InChI=1S/C17H16N2O2/c1-12-11-16(15-5-3-4-10-18-15)19(17(12)20)13-6-8-14(21-2)9-7-13/h3-11,16H,1-2H3. The molecule has 3 rings (SSSR count). The first kappa shape index (κ1) is 13.4. The molecule has 0 saturated carbocycles. The molecule has 1 unspecified atom stereocenters. The second-order valence-electron chi connectivity index (χ2n) is 4.92. The highest BCUT2D eigenvalue weighted by Gasteiger charge is 2.33. The van der Waals surface area contributed by atoms with E-state index in [4.69, 9.17) is 4.74 Å². The number of methoxy groups -OCH3 is 1. The topological polar surface area (TPSA) is 42.4 Å². The van der Waals surface area contributed by atoms with Crippen LogP contribution in [0.2, 0.25) is 0 Å². The molecule has 0 saturated heterocycles. The summed E-state index contributed by atoms with van der Waals surface area (Å²) < 4.78 is 5.16. The van der Waals surface area contributed by atoms with Gasteiger partial charge < -0.3 is 4.74 Å². The van der Waals surface area contributed by atoms with Gasteiger partial charge in [-0.3, -0.25) is 14.7 Å². The van der Waals surface area contributed by atoms with Crippen molar-refractivity contribution < 1.29 is 9.53 Å². The molecule has 4 nitrogen and oxygen atoms in total. The van der Waals surface area contributed by atoms with Gasteiger partial charge in [0.1, 0.15) is 5.75 Å². The quantitative estimate of drug-likeness (QED) is 0.867. The number of anilines is 1. The Bertz CT molecular complexity index is 678. The van der Waals surface area contributed by atoms with E-state index in [1.807, 2.05) is 55.5 Å². The lowest BCUT2D eigenvalue weighted by molar-refractivity contribution is -0.114. The number of pyridine rings is 1. The van der Waals surface area contributed by atoms with Crippen molar-refractivity contribution in [1.29, 1.82) is 0 Å². The monoisotopic (exact) mass is 280 g/mol. The highest BCUT2D eigenvalue weighted by molar-refractivity contribution is 6.08. The van der Waals surface area contributed by atoms with Crippen molar-refractivity contribution >= 4 is 11.6 Å². The molecular weight excluding hydrogens is 264 g/mol. The summed E-state index contributed by atoms with van der Waals surface area (Å²) in [6, 6.07) is 13.1. The highest BCUT2D eigenvalue weighted by atomic mass is 16.5. The Morgan fingerprint density at radius 2 is 1.90 bits per heavy atom. The highest BCUT2D eigenvalue weighted by Crippen LogP contribution is 2.35. The average molecular weight is 280 g/mol. The van der Waals surface area contributed by atoms with E-state index < -0.39 is 0 Å². The van der Waals surface area contributed by atoms with Crippen LogP contribution >= 0.6 is 0 Å². The zero-order chi connectivity index (χ0) is 14.8. The first-order chi connectivity index (χ1) is 10.2. The van der Waals surface area contributed by atoms with Gasteiger partial charge >= 0.3 is 0 Å². The Balaban J connectivity index is 2.00. The summed E-state index contributed by atoms with van der Waals surface area (Å²) in [6.45, 7) is 1.84. The van der Waals surface area contributed by atoms with Gasteiger partial charge in [0.2, 0.25) is 0 Å². The lowest BCUT2D eigenvalue weighted by Crippen LogP contribution is -2.29. The predicted molar refractivity (Wildman–Crippen MR) is 81.2 cm³/mol. The molecule has 0 fully saturated rings. The van der Waals surface area contributed by atoms with E-state index in [1.165, 1.54) is 0 Å². The number of nitrogens with zero attached hydrogens (tertiary/aromatic N) is 2. The molecule has 106 valence electrons. The summed E-state index contributed by atoms with van der Waals surface area (Å²) in [6.07, 6.45) is 3.70. The average Bonchev–Trinajstić information content (AvgIpc) is 2.84. The van der Waals surface area contributed by atoms with E-state index in [2.05, 4.69) is 4.98 Å². The van der Waals surface area contributed by atoms with E-state index >= 15 is 0 Å². The van der Waals surface area contributed by atoms with Crippen LogP contribution in [0.5, 0.6) is 5.75 Å². The van der Waals surface area contributed by atoms with E-state index in [9.17, 15) is 4.79 Å². The summed E-state index contributed by atoms with van der Waals surface area (Å²) in [5.74, 6) is 0.778. The number of amides is 1. The van der Waals surface area contributed by atoms with Crippen LogP contribution in [0.3, 0.4) is 0 Å². The molecule has 2 aromatic rings.